The molecule has 0 bridgehead atoms. The predicted octanol–water partition coefficient (Wildman–Crippen LogP) is 11.0. The number of phosphoric ester groups is 2. The highest BCUT2D eigenvalue weighted by atomic mass is 31.2. The van der Waals surface area contributed by atoms with Gasteiger partial charge < -0.3 is 34.4 Å². The number of esters is 2. The Hall–Kier alpha value is -4.04. The van der Waals surface area contributed by atoms with Crippen molar-refractivity contribution < 1.29 is 66.7 Å². The molecule has 0 rings (SSSR count). The van der Waals surface area contributed by atoms with E-state index in [4.69, 9.17) is 23.8 Å². The summed E-state index contributed by atoms with van der Waals surface area (Å²) < 4.78 is 47.5. The smallest absolute Gasteiger partial charge is 0.462 e. The lowest BCUT2D eigenvalue weighted by Crippen LogP contribution is -2.30. The van der Waals surface area contributed by atoms with Gasteiger partial charge in [0.15, 0.2) is 6.10 Å². The third kappa shape index (κ3) is 46.5. The molecule has 5 N–H and O–H groups in total. The maximum atomic E-state index is 12.7. The molecule has 0 aliphatic rings. The molecule has 0 fully saturated rings. The summed E-state index contributed by atoms with van der Waals surface area (Å²) in [5.74, 6) is -1.43. The van der Waals surface area contributed by atoms with Crippen LogP contribution in [0.2, 0.25) is 0 Å². The maximum absolute atomic E-state index is 12.7. The van der Waals surface area contributed by atoms with Gasteiger partial charge in [0.1, 0.15) is 12.7 Å². The summed E-state index contributed by atoms with van der Waals surface area (Å²) in [6.45, 7) is 1.14. The van der Waals surface area contributed by atoms with Crippen molar-refractivity contribution >= 4 is 27.6 Å². The van der Waals surface area contributed by atoms with E-state index in [9.17, 15) is 33.8 Å². The summed E-state index contributed by atoms with van der Waals surface area (Å²) in [5, 5.41) is 20.1. The van der Waals surface area contributed by atoms with Crippen LogP contribution in [0.15, 0.2) is 146 Å². The van der Waals surface area contributed by atoms with E-state index < -0.39 is 72.3 Å². The van der Waals surface area contributed by atoms with Gasteiger partial charge in [-0.1, -0.05) is 160 Å². The lowest BCUT2D eigenvalue weighted by Gasteiger charge is -2.20. The number of hydrogen-bond acceptors (Lipinski definition) is 11. The normalized spacial score (nSPS) is 15.7. The van der Waals surface area contributed by atoms with Crippen LogP contribution in [0.4, 0.5) is 0 Å². The zero-order valence-electron chi connectivity index (χ0n) is 38.8. The second kappa shape index (κ2) is 43.5. The molecule has 0 radical (unpaired) electrons. The molecule has 2 unspecified atom stereocenters. The van der Waals surface area contributed by atoms with Gasteiger partial charge in [-0.2, -0.15) is 0 Å². The molecular formula is C50H76O14P2. The Kier molecular flexibility index (Phi) is 40.9. The first kappa shape index (κ1) is 62.0. The lowest BCUT2D eigenvalue weighted by atomic mass is 10.2. The fraction of sp³-hybridized carbons (Fsp3) is 0.480. The van der Waals surface area contributed by atoms with Crippen LogP contribution in [0, 0.1) is 0 Å². The van der Waals surface area contributed by atoms with Crippen molar-refractivity contribution in [1.82, 2.24) is 0 Å². The fourth-order valence-electron chi connectivity index (χ4n) is 4.95. The Bertz CT molecular complexity index is 1730. The Labute approximate surface area is 393 Å². The number of rotatable bonds is 40. The van der Waals surface area contributed by atoms with Crippen LogP contribution < -0.4 is 0 Å². The summed E-state index contributed by atoms with van der Waals surface area (Å²) in [4.78, 5) is 52.8. The minimum absolute atomic E-state index is 0.00443. The van der Waals surface area contributed by atoms with E-state index in [-0.39, 0.29) is 19.3 Å². The Balaban J connectivity index is 4.87. The predicted molar refractivity (Wildman–Crippen MR) is 263 cm³/mol. The molecule has 0 aromatic rings. The van der Waals surface area contributed by atoms with Gasteiger partial charge in [0, 0.05) is 12.8 Å². The van der Waals surface area contributed by atoms with E-state index in [0.29, 0.717) is 19.3 Å². The molecule has 0 spiro atoms. The van der Waals surface area contributed by atoms with Crippen molar-refractivity contribution in [3.05, 3.63) is 146 Å². The van der Waals surface area contributed by atoms with Gasteiger partial charge in [0.25, 0.3) is 0 Å². The third-order valence-electron chi connectivity index (χ3n) is 8.34. The summed E-state index contributed by atoms with van der Waals surface area (Å²) >= 11 is 0. The summed E-state index contributed by atoms with van der Waals surface area (Å²) in [6, 6.07) is 0. The SMILES string of the molecule is CC/C=C\C/C=C\C/C=C\C/C=C\C/C=C\C=C/C(O)CCC(=O)O[C@H](COC(=O)CC/C=C\C/C=C\C/C=C\C/C=C\C/C=C\C/C=C\CC)COP(=O)(O)OC[C@@H](O)COP(=O)(O)O. The van der Waals surface area contributed by atoms with Gasteiger partial charge in [-0.3, -0.25) is 23.2 Å². The van der Waals surface area contributed by atoms with Crippen molar-refractivity contribution in [3.63, 3.8) is 0 Å². The first-order valence-corrected chi connectivity index (χ1v) is 25.7. The van der Waals surface area contributed by atoms with Crippen LogP contribution in [0.1, 0.15) is 110 Å². The average molecular weight is 963 g/mol. The highest BCUT2D eigenvalue weighted by molar-refractivity contribution is 7.47. The van der Waals surface area contributed by atoms with Gasteiger partial charge in [-0.05, 0) is 83.5 Å². The second-order valence-corrected chi connectivity index (χ2v) is 17.1. The lowest BCUT2D eigenvalue weighted by molar-refractivity contribution is -0.161. The number of hydrogen-bond donors (Lipinski definition) is 5. The number of allylic oxidation sites excluding steroid dienone is 23. The number of aliphatic hydroxyl groups is 2. The molecule has 0 amide bonds. The van der Waals surface area contributed by atoms with Crippen molar-refractivity contribution in [2.24, 2.45) is 0 Å². The van der Waals surface area contributed by atoms with E-state index in [1.165, 1.54) is 6.08 Å². The van der Waals surface area contributed by atoms with Crippen molar-refractivity contribution in [2.75, 3.05) is 26.4 Å². The third-order valence-corrected chi connectivity index (χ3v) is 9.78. The van der Waals surface area contributed by atoms with Gasteiger partial charge >= 0.3 is 27.6 Å². The highest BCUT2D eigenvalue weighted by Gasteiger charge is 2.28. The van der Waals surface area contributed by atoms with E-state index in [2.05, 4.69) is 120 Å². The average Bonchev–Trinajstić information content (AvgIpc) is 3.28. The Morgan fingerprint density at radius 1 is 0.485 bits per heavy atom. The van der Waals surface area contributed by atoms with Crippen molar-refractivity contribution in [2.45, 2.75) is 128 Å². The Morgan fingerprint density at radius 3 is 1.35 bits per heavy atom. The van der Waals surface area contributed by atoms with Gasteiger partial charge in [0.2, 0.25) is 0 Å². The van der Waals surface area contributed by atoms with Crippen LogP contribution in [-0.4, -0.2) is 81.6 Å². The van der Waals surface area contributed by atoms with Crippen LogP contribution >= 0.6 is 15.6 Å². The molecule has 0 heterocycles. The minimum Gasteiger partial charge on any atom is -0.462 e. The maximum Gasteiger partial charge on any atom is 0.472 e. The molecule has 66 heavy (non-hydrogen) atoms. The van der Waals surface area contributed by atoms with Gasteiger partial charge in [0.05, 0.1) is 25.9 Å². The van der Waals surface area contributed by atoms with Gasteiger partial charge in [-0.15, -0.1) is 0 Å². The van der Waals surface area contributed by atoms with E-state index in [1.54, 1.807) is 12.2 Å². The molecule has 0 aliphatic carbocycles. The first-order valence-electron chi connectivity index (χ1n) is 22.6. The first-order chi connectivity index (χ1) is 31.8. The van der Waals surface area contributed by atoms with Gasteiger partial charge in [-0.25, -0.2) is 9.13 Å². The Morgan fingerprint density at radius 2 is 0.894 bits per heavy atom. The molecule has 0 aromatic heterocycles. The standard InChI is InChI=1S/C50H76O14P2/c1-3-5-7-9-11-13-15-17-19-21-22-23-25-27-29-31-33-35-37-39-49(53)60-44-48(45-63-66(58,59)62-43-47(52)42-61-65(55,56)57)64-50(54)41-40-46(51)38-36-34-32-30-28-26-24-20-18-16-14-12-10-8-6-4-2/h5-8,11-14,17-20,22-23,26-29,32-36,38,46-48,51-52H,3-4,9-10,15-16,21,24-25,30-31,37,39-45H2,1-2H3,(H,58,59)(H2,55,56,57)/b7-5-,8-6-,13-11-,14-12-,19-17-,20-18-,23-22-,28-26-,29-27-,34-32-,35-33-,38-36-/t46?,47-,48+/m0/s1. The molecule has 0 saturated carbocycles. The number of aliphatic hydroxyl groups excluding tert-OH is 2. The zero-order chi connectivity index (χ0) is 48.8. The van der Waals surface area contributed by atoms with Crippen LogP contribution in [0.3, 0.4) is 0 Å². The number of carbonyl (C=O) groups is 2. The second-order valence-electron chi connectivity index (χ2n) is 14.4. The van der Waals surface area contributed by atoms with Crippen molar-refractivity contribution in [3.8, 4) is 0 Å². The summed E-state index contributed by atoms with van der Waals surface area (Å²) in [7, 11) is -9.81. The largest absolute Gasteiger partial charge is 0.472 e. The number of phosphoric acid groups is 2. The minimum atomic E-state index is -4.91. The molecule has 370 valence electrons. The summed E-state index contributed by atoms with van der Waals surface area (Å²) in [5.41, 5.74) is 0. The molecule has 4 atom stereocenters. The zero-order valence-corrected chi connectivity index (χ0v) is 40.6. The van der Waals surface area contributed by atoms with E-state index in [1.807, 2.05) is 30.4 Å². The highest BCUT2D eigenvalue weighted by Crippen LogP contribution is 2.43. The number of ether oxygens (including phenoxy) is 2. The van der Waals surface area contributed by atoms with Crippen LogP contribution in [0.25, 0.3) is 0 Å². The summed E-state index contributed by atoms with van der Waals surface area (Å²) in [6.07, 6.45) is 54.7. The van der Waals surface area contributed by atoms with Crippen LogP contribution in [-0.2, 0) is 41.8 Å². The fourth-order valence-corrected chi connectivity index (χ4v) is 6.11. The molecule has 0 aliphatic heterocycles. The monoisotopic (exact) mass is 962 g/mol. The molecule has 0 saturated heterocycles. The van der Waals surface area contributed by atoms with E-state index in [0.717, 1.165) is 57.8 Å². The molecule has 0 aromatic carbocycles. The molecule has 14 nitrogen and oxygen atoms in total. The topological polar surface area (TPSA) is 216 Å². The molecule has 16 heteroatoms. The van der Waals surface area contributed by atoms with Crippen molar-refractivity contribution in [1.29, 1.82) is 0 Å². The number of carbonyl (C=O) groups excluding carboxylic acids is 2. The van der Waals surface area contributed by atoms with Crippen LogP contribution in [0.5, 0.6) is 0 Å². The van der Waals surface area contributed by atoms with E-state index >= 15 is 0 Å². The molecular weight excluding hydrogens is 886 g/mol. The quantitative estimate of drug-likeness (QED) is 0.0167.